The lowest BCUT2D eigenvalue weighted by Gasteiger charge is -2.08. The minimum Gasteiger partial charge on any atom is -0.496 e. The number of nitrogens with one attached hydrogen (secondary N) is 1. The topological polar surface area (TPSA) is 50.7 Å². The van der Waals surface area contributed by atoms with Crippen LogP contribution in [0.5, 0.6) is 5.75 Å². The zero-order valence-electron chi connectivity index (χ0n) is 14.9. The number of methoxy groups -OCH3 is 1. The number of benzene rings is 3. The van der Waals surface area contributed by atoms with Crippen LogP contribution in [0.15, 0.2) is 53.6 Å². The highest BCUT2D eigenvalue weighted by atomic mass is 16.5. The van der Waals surface area contributed by atoms with Crippen LogP contribution in [0.3, 0.4) is 0 Å². The molecule has 4 nitrogen and oxygen atoms in total. The molecule has 1 N–H and O–H groups in total. The quantitative estimate of drug-likeness (QED) is 0.574. The molecule has 0 unspecified atom stereocenters. The Kier molecular flexibility index (Phi) is 4.17. The van der Waals surface area contributed by atoms with Crippen LogP contribution in [0.1, 0.15) is 32.6 Å². The lowest BCUT2D eigenvalue weighted by atomic mass is 10.0. The molecule has 0 aromatic heterocycles. The standard InChI is InChI=1S/C22H20N2O2/c1-14-6-11-19(20(12-14)26-2)22(25)24-23-13-17-10-9-16-8-7-15-4-3-5-18(17)21(15)16/h3-6,9-13H,7-8H2,1-2H3,(H,24,25)/b23-13-. The van der Waals surface area contributed by atoms with Gasteiger partial charge in [-0.15, -0.1) is 0 Å². The van der Waals surface area contributed by atoms with Crippen molar-refractivity contribution in [3.05, 3.63) is 76.3 Å². The maximum absolute atomic E-state index is 12.4. The van der Waals surface area contributed by atoms with Gasteiger partial charge in [-0.25, -0.2) is 5.43 Å². The SMILES string of the molecule is COc1cc(C)ccc1C(=O)N/N=C\c1ccc2c3c(cccc13)CC2. The summed E-state index contributed by atoms with van der Waals surface area (Å²) >= 11 is 0. The van der Waals surface area contributed by atoms with Crippen LogP contribution in [-0.2, 0) is 12.8 Å². The van der Waals surface area contributed by atoms with Crippen molar-refractivity contribution in [1.82, 2.24) is 5.43 Å². The van der Waals surface area contributed by atoms with Gasteiger partial charge in [0.05, 0.1) is 18.9 Å². The summed E-state index contributed by atoms with van der Waals surface area (Å²) in [6.07, 6.45) is 3.90. The van der Waals surface area contributed by atoms with Gasteiger partial charge in [-0.1, -0.05) is 36.4 Å². The summed E-state index contributed by atoms with van der Waals surface area (Å²) in [7, 11) is 1.56. The van der Waals surface area contributed by atoms with Crippen LogP contribution in [-0.4, -0.2) is 19.2 Å². The highest BCUT2D eigenvalue weighted by Crippen LogP contribution is 2.32. The zero-order chi connectivity index (χ0) is 18.1. The first kappa shape index (κ1) is 16.3. The number of hydrazone groups is 1. The van der Waals surface area contributed by atoms with Gasteiger partial charge >= 0.3 is 0 Å². The largest absolute Gasteiger partial charge is 0.496 e. The van der Waals surface area contributed by atoms with E-state index in [4.69, 9.17) is 4.74 Å². The van der Waals surface area contributed by atoms with Gasteiger partial charge in [-0.05, 0) is 59.4 Å². The number of rotatable bonds is 4. The van der Waals surface area contributed by atoms with Crippen LogP contribution in [0, 0.1) is 6.92 Å². The van der Waals surface area contributed by atoms with E-state index in [1.54, 1.807) is 19.4 Å². The second kappa shape index (κ2) is 6.64. The van der Waals surface area contributed by atoms with E-state index in [1.165, 1.54) is 21.9 Å². The molecule has 4 rings (SSSR count). The van der Waals surface area contributed by atoms with E-state index in [0.717, 1.165) is 24.0 Å². The highest BCUT2D eigenvalue weighted by molar-refractivity contribution is 6.04. The van der Waals surface area contributed by atoms with Gasteiger partial charge in [0, 0.05) is 5.56 Å². The smallest absolute Gasteiger partial charge is 0.275 e. The van der Waals surface area contributed by atoms with E-state index in [-0.39, 0.29) is 5.91 Å². The molecule has 1 aliphatic rings. The molecular formula is C22H20N2O2. The molecule has 1 aliphatic carbocycles. The summed E-state index contributed by atoms with van der Waals surface area (Å²) < 4.78 is 5.29. The molecule has 0 heterocycles. The molecule has 0 saturated heterocycles. The summed E-state index contributed by atoms with van der Waals surface area (Å²) in [4.78, 5) is 12.4. The molecule has 0 spiro atoms. The number of carbonyl (C=O) groups excluding carboxylic acids is 1. The van der Waals surface area contributed by atoms with Gasteiger partial charge in [-0.2, -0.15) is 5.10 Å². The van der Waals surface area contributed by atoms with Crippen molar-refractivity contribution in [2.24, 2.45) is 5.10 Å². The second-order valence-corrected chi connectivity index (χ2v) is 6.56. The number of hydrogen-bond donors (Lipinski definition) is 1. The molecule has 4 heteroatoms. The number of nitrogens with zero attached hydrogens (tertiary/aromatic N) is 1. The fourth-order valence-corrected chi connectivity index (χ4v) is 3.59. The fraction of sp³-hybridized carbons (Fsp3) is 0.182. The minimum absolute atomic E-state index is 0.288. The van der Waals surface area contributed by atoms with E-state index in [0.29, 0.717) is 11.3 Å². The highest BCUT2D eigenvalue weighted by Gasteiger charge is 2.15. The molecule has 26 heavy (non-hydrogen) atoms. The molecule has 130 valence electrons. The summed E-state index contributed by atoms with van der Waals surface area (Å²) in [6.45, 7) is 1.96. The predicted molar refractivity (Wildman–Crippen MR) is 104 cm³/mol. The number of carbonyl (C=O) groups is 1. The number of ether oxygens (including phenoxy) is 1. The van der Waals surface area contributed by atoms with Crippen LogP contribution in [0.2, 0.25) is 0 Å². The summed E-state index contributed by atoms with van der Waals surface area (Å²) in [5.41, 5.74) is 7.89. The molecule has 3 aromatic carbocycles. The van der Waals surface area contributed by atoms with Crippen molar-refractivity contribution in [3.8, 4) is 5.75 Å². The predicted octanol–water partition coefficient (Wildman–Crippen LogP) is 4.02. The molecule has 0 fully saturated rings. The van der Waals surface area contributed by atoms with Crippen LogP contribution in [0.4, 0.5) is 0 Å². The molecule has 0 saturated carbocycles. The zero-order valence-corrected chi connectivity index (χ0v) is 14.9. The lowest BCUT2D eigenvalue weighted by Crippen LogP contribution is -2.18. The Morgan fingerprint density at radius 1 is 1.12 bits per heavy atom. The van der Waals surface area contributed by atoms with Crippen molar-refractivity contribution in [3.63, 3.8) is 0 Å². The van der Waals surface area contributed by atoms with Gasteiger partial charge in [0.2, 0.25) is 0 Å². The van der Waals surface area contributed by atoms with Crippen molar-refractivity contribution >= 4 is 22.9 Å². The molecule has 0 aliphatic heterocycles. The Balaban J connectivity index is 1.59. The summed E-state index contributed by atoms with van der Waals surface area (Å²) in [5.74, 6) is 0.257. The van der Waals surface area contributed by atoms with Crippen molar-refractivity contribution < 1.29 is 9.53 Å². The van der Waals surface area contributed by atoms with Gasteiger partial charge < -0.3 is 4.74 Å². The van der Waals surface area contributed by atoms with Crippen LogP contribution in [0.25, 0.3) is 10.8 Å². The normalized spacial score (nSPS) is 12.7. The Labute approximate surface area is 152 Å². The monoisotopic (exact) mass is 344 g/mol. The maximum atomic E-state index is 12.4. The molecule has 3 aromatic rings. The number of aryl methyl sites for hydroxylation is 3. The lowest BCUT2D eigenvalue weighted by molar-refractivity contribution is 0.0952. The average molecular weight is 344 g/mol. The Hall–Kier alpha value is -3.14. The van der Waals surface area contributed by atoms with Crippen molar-refractivity contribution in [2.45, 2.75) is 19.8 Å². The first-order chi connectivity index (χ1) is 12.7. The fourth-order valence-electron chi connectivity index (χ4n) is 3.59. The third-order valence-corrected chi connectivity index (χ3v) is 4.88. The summed E-state index contributed by atoms with van der Waals surface area (Å²) in [5, 5.41) is 6.69. The van der Waals surface area contributed by atoms with Crippen molar-refractivity contribution in [1.29, 1.82) is 0 Å². The third kappa shape index (κ3) is 2.84. The Morgan fingerprint density at radius 2 is 1.92 bits per heavy atom. The number of amides is 1. The van der Waals surface area contributed by atoms with Gasteiger partial charge in [0.1, 0.15) is 5.75 Å². The van der Waals surface area contributed by atoms with E-state index in [9.17, 15) is 4.79 Å². The summed E-state index contributed by atoms with van der Waals surface area (Å²) in [6, 6.07) is 16.1. The minimum atomic E-state index is -0.288. The third-order valence-electron chi connectivity index (χ3n) is 4.88. The molecule has 0 radical (unpaired) electrons. The first-order valence-corrected chi connectivity index (χ1v) is 8.69. The molecule has 0 bridgehead atoms. The number of hydrogen-bond acceptors (Lipinski definition) is 3. The second-order valence-electron chi connectivity index (χ2n) is 6.56. The van der Waals surface area contributed by atoms with Gasteiger partial charge in [-0.3, -0.25) is 4.79 Å². The Bertz CT molecular complexity index is 1030. The Morgan fingerprint density at radius 3 is 2.73 bits per heavy atom. The van der Waals surface area contributed by atoms with E-state index in [2.05, 4.69) is 40.9 Å². The van der Waals surface area contributed by atoms with Gasteiger partial charge in [0.15, 0.2) is 0 Å². The van der Waals surface area contributed by atoms with Crippen LogP contribution >= 0.6 is 0 Å². The van der Waals surface area contributed by atoms with E-state index >= 15 is 0 Å². The molecule has 1 amide bonds. The van der Waals surface area contributed by atoms with E-state index < -0.39 is 0 Å². The van der Waals surface area contributed by atoms with Crippen molar-refractivity contribution in [2.75, 3.05) is 7.11 Å². The molecular weight excluding hydrogens is 324 g/mol. The van der Waals surface area contributed by atoms with E-state index in [1.807, 2.05) is 19.1 Å². The maximum Gasteiger partial charge on any atom is 0.275 e. The van der Waals surface area contributed by atoms with Gasteiger partial charge in [0.25, 0.3) is 5.91 Å². The average Bonchev–Trinajstić information content (AvgIpc) is 3.08. The van der Waals surface area contributed by atoms with Crippen LogP contribution < -0.4 is 10.2 Å². The molecule has 0 atom stereocenters. The first-order valence-electron chi connectivity index (χ1n) is 8.69.